The Bertz CT molecular complexity index is 311. The van der Waals surface area contributed by atoms with Crippen LogP contribution >= 0.6 is 11.8 Å². The average Bonchev–Trinajstić information content (AvgIpc) is 2.34. The molecule has 0 fully saturated rings. The summed E-state index contributed by atoms with van der Waals surface area (Å²) in [5.74, 6) is 0. The predicted octanol–water partition coefficient (Wildman–Crippen LogP) is 3.54. The van der Waals surface area contributed by atoms with Gasteiger partial charge in [0.15, 0.2) is 0 Å². The van der Waals surface area contributed by atoms with Crippen LogP contribution in [0.1, 0.15) is 19.8 Å². The predicted molar refractivity (Wildman–Crippen MR) is 72.9 cm³/mol. The first kappa shape index (κ1) is 13.9. The van der Waals surface area contributed by atoms with Crippen molar-refractivity contribution in [2.45, 2.75) is 30.0 Å². The van der Waals surface area contributed by atoms with Gasteiger partial charge in [0.2, 0.25) is 0 Å². The molecule has 16 heavy (non-hydrogen) atoms. The average molecular weight is 301 g/mol. The number of hydrogen-bond acceptors (Lipinski definition) is 2. The number of unbranched alkanes of at least 4 members (excludes halogenated alkanes) is 1. The third kappa shape index (κ3) is 5.76. The van der Waals surface area contributed by atoms with Crippen molar-refractivity contribution in [1.29, 1.82) is 0 Å². The molecule has 1 N–H and O–H groups in total. The quantitative estimate of drug-likeness (QED) is 0.472. The number of aliphatic hydroxyl groups excluding tert-OH is 1. The van der Waals surface area contributed by atoms with Crippen LogP contribution in [0.2, 0.25) is 5.32 Å². The van der Waals surface area contributed by atoms with Gasteiger partial charge in [0.05, 0.1) is 0 Å². The second-order valence-electron chi connectivity index (χ2n) is 3.38. The van der Waals surface area contributed by atoms with Crippen LogP contribution in [0.4, 0.5) is 0 Å². The van der Waals surface area contributed by atoms with Crippen molar-refractivity contribution in [3.05, 3.63) is 40.2 Å². The van der Waals surface area contributed by atoms with Crippen LogP contribution in [0.25, 0.3) is 0 Å². The van der Waals surface area contributed by atoms with E-state index >= 15 is 0 Å². The molecule has 3 heteroatoms. The number of benzene rings is 1. The fourth-order valence-corrected chi connectivity index (χ4v) is 4.23. The molecule has 1 rings (SSSR count). The summed E-state index contributed by atoms with van der Waals surface area (Å²) < 4.78 is 0. The van der Waals surface area contributed by atoms with Crippen LogP contribution in [0, 0.1) is 0 Å². The summed E-state index contributed by atoms with van der Waals surface area (Å²) in [6.07, 6.45) is 2.56. The van der Waals surface area contributed by atoms with E-state index in [9.17, 15) is 5.11 Å². The van der Waals surface area contributed by atoms with E-state index in [4.69, 9.17) is 0 Å². The molecule has 0 heterocycles. The van der Waals surface area contributed by atoms with Crippen molar-refractivity contribution in [3.63, 3.8) is 0 Å². The maximum atomic E-state index is 9.26. The number of aliphatic hydroxyl groups is 1. The Balaban J connectivity index is 2.42. The van der Waals surface area contributed by atoms with E-state index in [0.29, 0.717) is 15.0 Å². The first-order valence-corrected chi connectivity index (χ1v) is 8.53. The number of thioether (sulfide) groups is 1. The molecule has 1 nitrogen and oxygen atoms in total. The molecule has 1 aromatic rings. The van der Waals surface area contributed by atoms with Crippen molar-refractivity contribution < 1.29 is 5.11 Å². The first-order valence-electron chi connectivity index (χ1n) is 5.51. The van der Waals surface area contributed by atoms with Gasteiger partial charge in [0.25, 0.3) is 0 Å². The molecule has 0 atom stereocenters. The molecule has 0 aromatic heterocycles. The van der Waals surface area contributed by atoms with Crippen molar-refractivity contribution >= 4 is 26.7 Å². The Labute approximate surface area is 108 Å². The summed E-state index contributed by atoms with van der Waals surface area (Å²) in [6.45, 7) is 2.37. The molecule has 0 aliphatic carbocycles. The Kier molecular flexibility index (Phi) is 7.69. The normalized spacial score (nSPS) is 11.8. The molecule has 0 aliphatic heterocycles. The van der Waals surface area contributed by atoms with Crippen LogP contribution in [0.5, 0.6) is 0 Å². The van der Waals surface area contributed by atoms with Crippen LogP contribution < -0.4 is 0 Å². The maximum absolute atomic E-state index is 9.26. The third-order valence-electron chi connectivity index (χ3n) is 1.98. The van der Waals surface area contributed by atoms with Gasteiger partial charge in [-0.3, -0.25) is 0 Å². The summed E-state index contributed by atoms with van der Waals surface area (Å²) >= 11 is 2.21. The van der Waals surface area contributed by atoms with Gasteiger partial charge < -0.3 is 0 Å². The van der Waals surface area contributed by atoms with Gasteiger partial charge in [-0.15, -0.1) is 0 Å². The first-order chi connectivity index (χ1) is 7.86. The molecule has 0 saturated carbocycles. The van der Waals surface area contributed by atoms with E-state index in [2.05, 4.69) is 24.0 Å². The fraction of sp³-hybridized carbons (Fsp3) is 0.385. The molecule has 1 aromatic carbocycles. The van der Waals surface area contributed by atoms with Gasteiger partial charge in [-0.25, -0.2) is 0 Å². The van der Waals surface area contributed by atoms with E-state index in [1.165, 1.54) is 23.1 Å². The van der Waals surface area contributed by atoms with Crippen molar-refractivity contribution in [1.82, 2.24) is 0 Å². The fourth-order valence-electron chi connectivity index (χ4n) is 1.11. The molecule has 0 saturated heterocycles. The van der Waals surface area contributed by atoms with Crippen LogP contribution in [-0.4, -0.2) is 26.7 Å². The molecule has 0 bridgehead atoms. The second-order valence-corrected chi connectivity index (χ2v) is 6.63. The zero-order valence-electron chi connectivity index (χ0n) is 9.56. The minimum atomic E-state index is 0.160. The Morgan fingerprint density at radius 2 is 2.12 bits per heavy atom. The summed E-state index contributed by atoms with van der Waals surface area (Å²) in [5.41, 5.74) is 0. The van der Waals surface area contributed by atoms with Gasteiger partial charge in [-0.05, 0) is 0 Å². The van der Waals surface area contributed by atoms with E-state index < -0.39 is 0 Å². The van der Waals surface area contributed by atoms with Crippen molar-refractivity contribution in [2.24, 2.45) is 0 Å². The summed E-state index contributed by atoms with van der Waals surface area (Å²) in [4.78, 5) is 4.51. The molecule has 0 amide bonds. The van der Waals surface area contributed by atoms with Crippen LogP contribution in [0.15, 0.2) is 45.1 Å². The Morgan fingerprint density at radius 3 is 2.75 bits per heavy atom. The second kappa shape index (κ2) is 8.89. The zero-order chi connectivity index (χ0) is 11.6. The Hall–Kier alpha value is -0.211. The van der Waals surface area contributed by atoms with E-state index in [1.54, 1.807) is 11.8 Å². The van der Waals surface area contributed by atoms with Crippen LogP contribution in [0.3, 0.4) is 0 Å². The minimum absolute atomic E-state index is 0.160. The van der Waals surface area contributed by atoms with Gasteiger partial charge >= 0.3 is 109 Å². The third-order valence-corrected chi connectivity index (χ3v) is 5.38. The molecular weight excluding hydrogens is 283 g/mol. The molecule has 0 radical (unpaired) electrons. The summed E-state index contributed by atoms with van der Waals surface area (Å²) in [7, 11) is 0. The van der Waals surface area contributed by atoms with E-state index in [1.807, 2.05) is 18.2 Å². The molecule has 0 unspecified atom stereocenters. The van der Waals surface area contributed by atoms with Crippen LogP contribution in [-0.2, 0) is 0 Å². The standard InChI is InChI=1S/C13H18OSSe/c1-2-3-9-16-11-13(10-14)15-12-7-5-4-6-8-12/h4-8,11,14H,2-3,9-10H2,1H3/b13-11-. The number of rotatable bonds is 7. The molecule has 0 spiro atoms. The molecule has 0 aliphatic rings. The SMILES string of the molecule is CCCC[Se]/C=C(/CO)Sc1ccccc1. The Morgan fingerprint density at radius 1 is 1.38 bits per heavy atom. The number of hydrogen-bond donors (Lipinski definition) is 1. The van der Waals surface area contributed by atoms with Crippen molar-refractivity contribution in [3.8, 4) is 0 Å². The molecular formula is C13H18OSSe. The zero-order valence-corrected chi connectivity index (χ0v) is 12.1. The summed E-state index contributed by atoms with van der Waals surface area (Å²) in [6, 6.07) is 10.2. The van der Waals surface area contributed by atoms with Gasteiger partial charge in [0, 0.05) is 0 Å². The van der Waals surface area contributed by atoms with Gasteiger partial charge in [0.1, 0.15) is 0 Å². The van der Waals surface area contributed by atoms with E-state index in [0.717, 1.165) is 4.91 Å². The van der Waals surface area contributed by atoms with Gasteiger partial charge in [-0.1, -0.05) is 0 Å². The van der Waals surface area contributed by atoms with Gasteiger partial charge in [-0.2, -0.15) is 0 Å². The molecule has 88 valence electrons. The van der Waals surface area contributed by atoms with E-state index in [-0.39, 0.29) is 6.61 Å². The monoisotopic (exact) mass is 302 g/mol. The summed E-state index contributed by atoms with van der Waals surface area (Å²) in [5, 5.41) is 10.5. The topological polar surface area (TPSA) is 20.2 Å². The van der Waals surface area contributed by atoms with Crippen molar-refractivity contribution in [2.75, 3.05) is 6.61 Å².